The number of hydrogen-bond acceptors (Lipinski definition) is 5. The molecule has 0 saturated carbocycles. The number of ether oxygens (including phenoxy) is 2. The molecule has 1 aliphatic rings. The van der Waals surface area contributed by atoms with Crippen molar-refractivity contribution in [1.29, 1.82) is 0 Å². The van der Waals surface area contributed by atoms with E-state index in [2.05, 4.69) is 36.3 Å². The number of hydrogen-bond donors (Lipinski definition) is 1. The van der Waals surface area contributed by atoms with E-state index in [0.29, 0.717) is 29.8 Å². The van der Waals surface area contributed by atoms with Gasteiger partial charge in [-0.2, -0.15) is 0 Å². The molecule has 3 aromatic rings. The van der Waals surface area contributed by atoms with Gasteiger partial charge in [0.1, 0.15) is 0 Å². The van der Waals surface area contributed by atoms with Gasteiger partial charge in [0.25, 0.3) is 5.56 Å². The number of aryl methyl sites for hydroxylation is 2. The Morgan fingerprint density at radius 2 is 1.84 bits per heavy atom. The Morgan fingerprint density at radius 3 is 2.61 bits per heavy atom. The minimum atomic E-state index is -0.364. The van der Waals surface area contributed by atoms with Crippen LogP contribution in [0, 0.1) is 0 Å². The Morgan fingerprint density at radius 1 is 1.10 bits per heavy atom. The Bertz CT molecular complexity index is 1200. The topological polar surface area (TPSA) is 96.9 Å². The molecule has 0 amide bonds. The van der Waals surface area contributed by atoms with E-state index in [4.69, 9.17) is 9.47 Å². The molecule has 0 bridgehead atoms. The minimum absolute atomic E-state index is 0. The number of fused-ring (bicyclic) bond motifs is 2. The SMILES string of the molecule is CC(CCn1cnc2c1c(=O)n(C)c(=O)n2C)[NH2+]C(C)Cc1ccc2c(c1)OCO2.[Cl-]. The second-order valence-electron chi connectivity index (χ2n) is 8.14. The lowest BCUT2D eigenvalue weighted by Crippen LogP contribution is -3.00. The number of rotatable bonds is 7. The first-order valence-corrected chi connectivity index (χ1v) is 10.2. The molecule has 0 radical (unpaired) electrons. The molecule has 2 N–H and O–H groups in total. The van der Waals surface area contributed by atoms with Gasteiger partial charge in [-0.15, -0.1) is 0 Å². The molecule has 0 spiro atoms. The first kappa shape index (κ1) is 22.9. The van der Waals surface area contributed by atoms with Gasteiger partial charge >= 0.3 is 5.69 Å². The van der Waals surface area contributed by atoms with E-state index in [1.54, 1.807) is 13.4 Å². The molecule has 2 aromatic heterocycles. The summed E-state index contributed by atoms with van der Waals surface area (Å²) < 4.78 is 15.2. The first-order valence-electron chi connectivity index (χ1n) is 10.2. The molecule has 1 aliphatic heterocycles. The molecule has 3 heterocycles. The average molecular weight is 450 g/mol. The van der Waals surface area contributed by atoms with Gasteiger partial charge in [-0.25, -0.2) is 9.78 Å². The number of nitrogens with zero attached hydrogens (tertiary/aromatic N) is 4. The van der Waals surface area contributed by atoms with Crippen molar-refractivity contribution in [3.63, 3.8) is 0 Å². The van der Waals surface area contributed by atoms with Crippen LogP contribution in [0.2, 0.25) is 0 Å². The van der Waals surface area contributed by atoms with Gasteiger partial charge in [0, 0.05) is 33.5 Å². The van der Waals surface area contributed by atoms with Crippen LogP contribution in [0.4, 0.5) is 0 Å². The molecule has 10 heteroatoms. The fourth-order valence-corrected chi connectivity index (χ4v) is 4.07. The van der Waals surface area contributed by atoms with Gasteiger partial charge in [0.15, 0.2) is 22.7 Å². The van der Waals surface area contributed by atoms with E-state index in [0.717, 1.165) is 28.9 Å². The maximum atomic E-state index is 12.6. The van der Waals surface area contributed by atoms with Crippen molar-refractivity contribution in [2.45, 2.75) is 45.3 Å². The third-order valence-electron chi connectivity index (χ3n) is 5.69. The molecule has 0 saturated heterocycles. The summed E-state index contributed by atoms with van der Waals surface area (Å²) in [6.45, 7) is 5.35. The summed E-state index contributed by atoms with van der Waals surface area (Å²) >= 11 is 0. The van der Waals surface area contributed by atoms with Gasteiger partial charge in [0.2, 0.25) is 6.79 Å². The zero-order valence-electron chi connectivity index (χ0n) is 18.2. The highest BCUT2D eigenvalue weighted by atomic mass is 35.5. The number of halogens is 1. The van der Waals surface area contributed by atoms with Gasteiger partial charge in [-0.1, -0.05) is 6.07 Å². The maximum absolute atomic E-state index is 12.6. The van der Waals surface area contributed by atoms with Crippen LogP contribution in [0.15, 0.2) is 34.1 Å². The van der Waals surface area contributed by atoms with Crippen LogP contribution in [0.3, 0.4) is 0 Å². The van der Waals surface area contributed by atoms with E-state index in [-0.39, 0.29) is 30.4 Å². The number of imidazole rings is 1. The van der Waals surface area contributed by atoms with E-state index < -0.39 is 0 Å². The number of benzene rings is 1. The average Bonchev–Trinajstić information content (AvgIpc) is 3.35. The molecule has 31 heavy (non-hydrogen) atoms. The van der Waals surface area contributed by atoms with Crippen LogP contribution in [0.5, 0.6) is 11.5 Å². The molecular weight excluding hydrogens is 422 g/mol. The van der Waals surface area contributed by atoms with E-state index >= 15 is 0 Å². The molecule has 2 unspecified atom stereocenters. The molecular formula is C21H28ClN5O4. The summed E-state index contributed by atoms with van der Waals surface area (Å²) in [6.07, 6.45) is 3.45. The molecule has 0 aliphatic carbocycles. The van der Waals surface area contributed by atoms with Crippen molar-refractivity contribution < 1.29 is 27.2 Å². The highest BCUT2D eigenvalue weighted by Crippen LogP contribution is 2.32. The first-order chi connectivity index (χ1) is 14.3. The third-order valence-corrected chi connectivity index (χ3v) is 5.69. The second-order valence-corrected chi connectivity index (χ2v) is 8.14. The van der Waals surface area contributed by atoms with Gasteiger partial charge in [0.05, 0.1) is 18.4 Å². The minimum Gasteiger partial charge on any atom is -1.00 e. The van der Waals surface area contributed by atoms with E-state index in [1.165, 1.54) is 17.2 Å². The monoisotopic (exact) mass is 449 g/mol. The van der Waals surface area contributed by atoms with Crippen LogP contribution in [0.1, 0.15) is 25.8 Å². The van der Waals surface area contributed by atoms with E-state index in [1.807, 2.05) is 10.6 Å². The third kappa shape index (κ3) is 4.47. The smallest absolute Gasteiger partial charge is 0.332 e. The molecule has 9 nitrogen and oxygen atoms in total. The molecule has 4 rings (SSSR count). The fourth-order valence-electron chi connectivity index (χ4n) is 4.07. The predicted octanol–water partition coefficient (Wildman–Crippen LogP) is -2.86. The number of quaternary nitrogens is 1. The summed E-state index contributed by atoms with van der Waals surface area (Å²) in [5.41, 5.74) is 1.45. The van der Waals surface area contributed by atoms with Crippen molar-refractivity contribution in [2.75, 3.05) is 6.79 Å². The van der Waals surface area contributed by atoms with Crippen LogP contribution in [0.25, 0.3) is 11.2 Å². The van der Waals surface area contributed by atoms with Crippen LogP contribution >= 0.6 is 0 Å². The summed E-state index contributed by atoms with van der Waals surface area (Å²) in [5, 5.41) is 2.34. The lowest BCUT2D eigenvalue weighted by Gasteiger charge is -2.17. The summed E-state index contributed by atoms with van der Waals surface area (Å²) in [5.74, 6) is 1.62. The molecule has 168 valence electrons. The van der Waals surface area contributed by atoms with Crippen LogP contribution in [-0.4, -0.2) is 37.6 Å². The highest BCUT2D eigenvalue weighted by Gasteiger charge is 2.18. The van der Waals surface area contributed by atoms with Gasteiger partial charge in [-0.05, 0) is 31.5 Å². The van der Waals surface area contributed by atoms with E-state index in [9.17, 15) is 9.59 Å². The highest BCUT2D eigenvalue weighted by molar-refractivity contribution is 5.69. The fraction of sp³-hybridized carbons (Fsp3) is 0.476. The summed E-state index contributed by atoms with van der Waals surface area (Å²) in [7, 11) is 3.13. The lowest BCUT2D eigenvalue weighted by molar-refractivity contribution is -0.716. The normalized spacial score (nSPS) is 14.5. The zero-order chi connectivity index (χ0) is 21.4. The summed E-state index contributed by atoms with van der Waals surface area (Å²) in [4.78, 5) is 28.9. The molecule has 2 atom stereocenters. The number of nitrogens with two attached hydrogens (primary N) is 1. The Balaban J connectivity index is 0.00000272. The van der Waals surface area contributed by atoms with Crippen molar-refractivity contribution in [3.8, 4) is 11.5 Å². The van der Waals surface area contributed by atoms with Gasteiger partial charge < -0.3 is 31.8 Å². The largest absolute Gasteiger partial charge is 1.00 e. The van der Waals surface area contributed by atoms with Crippen molar-refractivity contribution in [2.24, 2.45) is 14.1 Å². The van der Waals surface area contributed by atoms with Gasteiger partial charge in [-0.3, -0.25) is 13.9 Å². The Labute approximate surface area is 186 Å². The standard InChI is InChI=1S/C21H27N5O4.ClH/c1-13(23-14(2)9-15-5-6-16-17(10-15)30-12-29-16)7-8-26-11-22-19-18(26)20(27)25(4)21(28)24(19)3;/h5-6,10-11,13-14,23H,7-9,12H2,1-4H3;1H. The predicted molar refractivity (Wildman–Crippen MR) is 112 cm³/mol. The second kappa shape index (κ2) is 9.15. The van der Waals surface area contributed by atoms with Crippen LogP contribution < -0.4 is 38.4 Å². The maximum Gasteiger partial charge on any atom is 0.332 e. The van der Waals surface area contributed by atoms with Crippen LogP contribution in [-0.2, 0) is 27.1 Å². The Kier molecular flexibility index (Phi) is 6.76. The summed E-state index contributed by atoms with van der Waals surface area (Å²) in [6, 6.07) is 6.86. The molecule has 1 aromatic carbocycles. The lowest BCUT2D eigenvalue weighted by atomic mass is 10.1. The molecule has 0 fully saturated rings. The Hall–Kier alpha value is -2.78. The number of aromatic nitrogens is 4. The zero-order valence-corrected chi connectivity index (χ0v) is 18.9. The quantitative estimate of drug-likeness (QED) is 0.418. The van der Waals surface area contributed by atoms with Crippen molar-refractivity contribution in [1.82, 2.24) is 18.7 Å². The van der Waals surface area contributed by atoms with Crippen molar-refractivity contribution in [3.05, 3.63) is 50.9 Å². The van der Waals surface area contributed by atoms with Crippen molar-refractivity contribution >= 4 is 11.2 Å².